The lowest BCUT2D eigenvalue weighted by atomic mass is 10.0. The van der Waals surface area contributed by atoms with E-state index in [9.17, 15) is 4.79 Å². The van der Waals surface area contributed by atoms with Crippen LogP contribution in [0.25, 0.3) is 0 Å². The maximum absolute atomic E-state index is 12.6. The molecule has 1 unspecified atom stereocenters. The fraction of sp³-hybridized carbons (Fsp3) is 0.533. The largest absolute Gasteiger partial charge is 0.399 e. The van der Waals surface area contributed by atoms with Gasteiger partial charge in [-0.05, 0) is 51.5 Å². The van der Waals surface area contributed by atoms with Crippen LogP contribution in [-0.4, -0.2) is 35.6 Å². The first-order chi connectivity index (χ1) is 8.78. The van der Waals surface area contributed by atoms with Gasteiger partial charge in [-0.1, -0.05) is 0 Å². The molecule has 104 valence electrons. The summed E-state index contributed by atoms with van der Waals surface area (Å²) in [5.41, 5.74) is 7.75. The molecule has 1 fully saturated rings. The van der Waals surface area contributed by atoms with Crippen molar-refractivity contribution >= 4 is 11.6 Å². The van der Waals surface area contributed by atoms with E-state index in [0.717, 1.165) is 11.1 Å². The summed E-state index contributed by atoms with van der Waals surface area (Å²) in [7, 11) is 0. The Morgan fingerprint density at radius 1 is 1.47 bits per heavy atom. The van der Waals surface area contributed by atoms with Gasteiger partial charge in [0.2, 0.25) is 0 Å². The highest BCUT2D eigenvalue weighted by Crippen LogP contribution is 2.23. The molecule has 1 amide bonds. The Labute approximate surface area is 114 Å². The average molecular weight is 262 g/mol. The number of hydrogen-bond acceptors (Lipinski definition) is 3. The van der Waals surface area contributed by atoms with E-state index in [1.165, 1.54) is 0 Å². The van der Waals surface area contributed by atoms with Crippen molar-refractivity contribution in [3.8, 4) is 0 Å². The molecule has 4 nitrogen and oxygen atoms in total. The number of rotatable bonds is 1. The number of nitrogens with two attached hydrogens (primary N) is 1. The Hall–Kier alpha value is -1.55. The molecule has 1 aliphatic heterocycles. The minimum atomic E-state index is -0.297. The zero-order valence-electron chi connectivity index (χ0n) is 12.1. The number of amides is 1. The van der Waals surface area contributed by atoms with Crippen molar-refractivity contribution in [1.82, 2.24) is 4.90 Å². The molecule has 0 saturated carbocycles. The second-order valence-electron chi connectivity index (χ2n) is 5.95. The number of anilines is 1. The first-order valence-electron chi connectivity index (χ1n) is 6.62. The summed E-state index contributed by atoms with van der Waals surface area (Å²) in [5, 5.41) is 0. The Morgan fingerprint density at radius 3 is 2.74 bits per heavy atom. The van der Waals surface area contributed by atoms with Crippen LogP contribution in [0.15, 0.2) is 18.2 Å². The van der Waals surface area contributed by atoms with Crippen LogP contribution in [0.5, 0.6) is 0 Å². The minimum Gasteiger partial charge on any atom is -0.399 e. The van der Waals surface area contributed by atoms with Crippen LogP contribution in [0.1, 0.15) is 36.7 Å². The third-order valence-corrected chi connectivity index (χ3v) is 3.34. The minimum absolute atomic E-state index is 0.0562. The van der Waals surface area contributed by atoms with Crippen LogP contribution in [0.3, 0.4) is 0 Å². The Morgan fingerprint density at radius 2 is 2.16 bits per heavy atom. The summed E-state index contributed by atoms with van der Waals surface area (Å²) in [6, 6.07) is 5.41. The van der Waals surface area contributed by atoms with Crippen LogP contribution in [0, 0.1) is 6.92 Å². The molecule has 1 atom stereocenters. The van der Waals surface area contributed by atoms with Crippen LogP contribution in [0.2, 0.25) is 0 Å². The zero-order chi connectivity index (χ0) is 14.2. The van der Waals surface area contributed by atoms with Gasteiger partial charge in [-0.15, -0.1) is 0 Å². The topological polar surface area (TPSA) is 55.6 Å². The van der Waals surface area contributed by atoms with E-state index in [1.807, 2.05) is 38.7 Å². The summed E-state index contributed by atoms with van der Waals surface area (Å²) in [6.07, 6.45) is 0.0572. The number of benzene rings is 1. The van der Waals surface area contributed by atoms with E-state index >= 15 is 0 Å². The number of aryl methyl sites for hydroxylation is 1. The van der Waals surface area contributed by atoms with Crippen molar-refractivity contribution in [2.24, 2.45) is 0 Å². The predicted octanol–water partition coefficient (Wildman–Crippen LogP) is 2.22. The molecule has 0 radical (unpaired) electrons. The molecule has 0 aromatic heterocycles. The lowest BCUT2D eigenvalue weighted by Crippen LogP contribution is -2.53. The number of nitrogen functional groups attached to an aromatic ring is 1. The van der Waals surface area contributed by atoms with Gasteiger partial charge in [-0.3, -0.25) is 4.79 Å². The Bertz CT molecular complexity index is 497. The first kappa shape index (κ1) is 13.9. The maximum atomic E-state index is 12.6. The van der Waals surface area contributed by atoms with Gasteiger partial charge in [0.1, 0.15) is 0 Å². The molecule has 2 rings (SSSR count). The molecular weight excluding hydrogens is 240 g/mol. The number of ether oxygens (including phenoxy) is 1. The quantitative estimate of drug-likeness (QED) is 0.789. The average Bonchev–Trinajstić information content (AvgIpc) is 2.25. The Kier molecular flexibility index (Phi) is 3.54. The highest BCUT2D eigenvalue weighted by atomic mass is 16.5. The van der Waals surface area contributed by atoms with Crippen molar-refractivity contribution in [2.45, 2.75) is 39.4 Å². The molecule has 1 aromatic carbocycles. The lowest BCUT2D eigenvalue weighted by Gasteiger charge is -2.41. The van der Waals surface area contributed by atoms with E-state index in [0.29, 0.717) is 18.8 Å². The predicted molar refractivity (Wildman–Crippen MR) is 76.1 cm³/mol. The second kappa shape index (κ2) is 4.85. The van der Waals surface area contributed by atoms with Crippen LogP contribution in [0.4, 0.5) is 5.69 Å². The summed E-state index contributed by atoms with van der Waals surface area (Å²) >= 11 is 0. The molecule has 4 heteroatoms. The van der Waals surface area contributed by atoms with Crippen molar-refractivity contribution in [3.63, 3.8) is 0 Å². The van der Waals surface area contributed by atoms with Gasteiger partial charge in [0.15, 0.2) is 0 Å². The number of morpholine rings is 1. The van der Waals surface area contributed by atoms with E-state index in [-0.39, 0.29) is 17.6 Å². The van der Waals surface area contributed by atoms with Crippen molar-refractivity contribution in [2.75, 3.05) is 18.8 Å². The number of hydrogen-bond donors (Lipinski definition) is 1. The highest BCUT2D eigenvalue weighted by Gasteiger charge is 2.34. The number of nitrogens with zero attached hydrogens (tertiary/aromatic N) is 1. The standard InChI is InChI=1S/C15H22N2O2/c1-10-7-12(16)5-6-13(10)14(18)17-8-11(2)19-15(3,4)9-17/h5-7,11H,8-9,16H2,1-4H3. The molecule has 2 N–H and O–H groups in total. The molecule has 19 heavy (non-hydrogen) atoms. The van der Waals surface area contributed by atoms with Gasteiger partial charge in [0.25, 0.3) is 5.91 Å². The van der Waals surface area contributed by atoms with Gasteiger partial charge in [-0.25, -0.2) is 0 Å². The number of carbonyl (C=O) groups is 1. The number of carbonyl (C=O) groups excluding carboxylic acids is 1. The van der Waals surface area contributed by atoms with Crippen LogP contribution in [-0.2, 0) is 4.74 Å². The highest BCUT2D eigenvalue weighted by molar-refractivity contribution is 5.96. The SMILES string of the molecule is Cc1cc(N)ccc1C(=O)N1CC(C)OC(C)(C)C1. The molecule has 1 saturated heterocycles. The normalized spacial score (nSPS) is 22.3. The summed E-state index contributed by atoms with van der Waals surface area (Å²) < 4.78 is 5.83. The third kappa shape index (κ3) is 3.07. The molecule has 0 aliphatic carbocycles. The van der Waals surface area contributed by atoms with Gasteiger partial charge in [0, 0.05) is 24.3 Å². The third-order valence-electron chi connectivity index (χ3n) is 3.34. The smallest absolute Gasteiger partial charge is 0.254 e. The van der Waals surface area contributed by atoms with E-state index in [2.05, 4.69) is 0 Å². The summed E-state index contributed by atoms with van der Waals surface area (Å²) in [4.78, 5) is 14.5. The summed E-state index contributed by atoms with van der Waals surface area (Å²) in [6.45, 7) is 9.18. The monoisotopic (exact) mass is 262 g/mol. The van der Waals surface area contributed by atoms with Gasteiger partial charge in [0.05, 0.1) is 11.7 Å². The van der Waals surface area contributed by atoms with E-state index < -0.39 is 0 Å². The van der Waals surface area contributed by atoms with Gasteiger partial charge >= 0.3 is 0 Å². The zero-order valence-corrected chi connectivity index (χ0v) is 12.1. The van der Waals surface area contributed by atoms with Gasteiger partial charge < -0.3 is 15.4 Å². The van der Waals surface area contributed by atoms with Gasteiger partial charge in [-0.2, -0.15) is 0 Å². The van der Waals surface area contributed by atoms with E-state index in [1.54, 1.807) is 12.1 Å². The Balaban J connectivity index is 2.24. The van der Waals surface area contributed by atoms with Crippen molar-refractivity contribution in [3.05, 3.63) is 29.3 Å². The molecule has 0 bridgehead atoms. The summed E-state index contributed by atoms with van der Waals surface area (Å²) in [5.74, 6) is 0.0562. The fourth-order valence-corrected chi connectivity index (χ4v) is 2.71. The van der Waals surface area contributed by atoms with Crippen LogP contribution < -0.4 is 5.73 Å². The van der Waals surface area contributed by atoms with E-state index in [4.69, 9.17) is 10.5 Å². The molecule has 1 aromatic rings. The van der Waals surface area contributed by atoms with Crippen molar-refractivity contribution in [1.29, 1.82) is 0 Å². The first-order valence-corrected chi connectivity index (χ1v) is 6.62. The van der Waals surface area contributed by atoms with Crippen molar-refractivity contribution < 1.29 is 9.53 Å². The molecule has 1 aliphatic rings. The van der Waals surface area contributed by atoms with Crippen LogP contribution >= 0.6 is 0 Å². The maximum Gasteiger partial charge on any atom is 0.254 e. The molecule has 1 heterocycles. The fourth-order valence-electron chi connectivity index (χ4n) is 2.71. The molecular formula is C15H22N2O2. The molecule has 0 spiro atoms. The lowest BCUT2D eigenvalue weighted by molar-refractivity contribution is -0.118. The second-order valence-corrected chi connectivity index (χ2v) is 5.95.